The topological polar surface area (TPSA) is 3.24 Å². The van der Waals surface area contributed by atoms with Gasteiger partial charge in [0.2, 0.25) is 0 Å². The maximum Gasteiger partial charge on any atom is 0.393 e. The van der Waals surface area contributed by atoms with Crippen LogP contribution >= 0.6 is 0 Å². The van der Waals surface area contributed by atoms with Crippen molar-refractivity contribution in [2.24, 2.45) is 0 Å². The van der Waals surface area contributed by atoms with Gasteiger partial charge in [-0.05, 0) is 61.0 Å². The van der Waals surface area contributed by atoms with Gasteiger partial charge in [0.15, 0.2) is 0 Å². The minimum atomic E-state index is -4.16. The quantitative estimate of drug-likeness (QED) is 0.751. The van der Waals surface area contributed by atoms with E-state index in [1.807, 2.05) is 32.9 Å². The van der Waals surface area contributed by atoms with E-state index < -0.39 is 12.6 Å². The molecule has 0 aromatic heterocycles. The zero-order valence-corrected chi connectivity index (χ0v) is 13.9. The molecule has 22 heavy (non-hydrogen) atoms. The summed E-state index contributed by atoms with van der Waals surface area (Å²) in [5, 5.41) is 0. The fourth-order valence-electron chi connectivity index (χ4n) is 3.16. The first-order chi connectivity index (χ1) is 10.1. The number of hydrogen-bond acceptors (Lipinski definition) is 1. The molecule has 0 N–H and O–H groups in total. The second-order valence-corrected chi connectivity index (χ2v) is 7.53. The van der Waals surface area contributed by atoms with Crippen LogP contribution < -0.4 is 0 Å². The first-order valence-corrected chi connectivity index (χ1v) is 7.95. The molecule has 0 radical (unpaired) electrons. The molecule has 4 heteroatoms. The van der Waals surface area contributed by atoms with Crippen LogP contribution in [0.4, 0.5) is 13.2 Å². The number of hydrogen-bond donors (Lipinski definition) is 0. The second kappa shape index (κ2) is 6.23. The van der Waals surface area contributed by atoms with Crippen molar-refractivity contribution in [1.29, 1.82) is 0 Å². The predicted molar refractivity (Wildman–Crippen MR) is 84.4 cm³/mol. The van der Waals surface area contributed by atoms with Crippen LogP contribution in [-0.4, -0.2) is 31.2 Å². The van der Waals surface area contributed by atoms with Crippen molar-refractivity contribution < 1.29 is 13.2 Å². The van der Waals surface area contributed by atoms with E-state index in [4.69, 9.17) is 0 Å². The van der Waals surface area contributed by atoms with Gasteiger partial charge in [0.05, 0.1) is 6.42 Å². The summed E-state index contributed by atoms with van der Waals surface area (Å²) in [6.07, 6.45) is -3.10. The predicted octanol–water partition coefficient (Wildman–Crippen LogP) is 4.90. The summed E-state index contributed by atoms with van der Waals surface area (Å²) in [6, 6.07) is 5.73. The Kier molecular flexibility index (Phi) is 4.90. The zero-order chi connectivity index (χ0) is 16.5. The van der Waals surface area contributed by atoms with Gasteiger partial charge in [0, 0.05) is 0 Å². The highest BCUT2D eigenvalue weighted by Crippen LogP contribution is 2.35. The van der Waals surface area contributed by atoms with Gasteiger partial charge in [-0.15, -0.1) is 0 Å². The fraction of sp³-hybridized carbons (Fsp3) is 0.667. The summed E-state index contributed by atoms with van der Waals surface area (Å²) >= 11 is 0. The number of alkyl halides is 3. The minimum absolute atomic E-state index is 0.133. The molecule has 0 amide bonds. The van der Waals surface area contributed by atoms with Crippen LogP contribution in [0, 0.1) is 0 Å². The average molecular weight is 313 g/mol. The van der Waals surface area contributed by atoms with E-state index in [1.54, 1.807) is 6.07 Å². The molecule has 0 aliphatic carbocycles. The van der Waals surface area contributed by atoms with Crippen molar-refractivity contribution in [3.63, 3.8) is 0 Å². The minimum Gasteiger partial charge on any atom is -0.306 e. The molecule has 1 nitrogen and oxygen atoms in total. The first kappa shape index (κ1) is 17.3. The largest absolute Gasteiger partial charge is 0.393 e. The molecule has 0 atom stereocenters. The van der Waals surface area contributed by atoms with E-state index in [0.29, 0.717) is 5.56 Å². The number of halogens is 3. The highest BCUT2D eigenvalue weighted by Gasteiger charge is 2.31. The lowest BCUT2D eigenvalue weighted by Crippen LogP contribution is -2.30. The number of likely N-dealkylation sites (tertiary alicyclic amines) is 1. The van der Waals surface area contributed by atoms with Crippen molar-refractivity contribution >= 4 is 0 Å². The lowest BCUT2D eigenvalue weighted by molar-refractivity contribution is -0.127. The van der Waals surface area contributed by atoms with Gasteiger partial charge in [0.25, 0.3) is 0 Å². The molecule has 1 saturated heterocycles. The van der Waals surface area contributed by atoms with E-state index in [1.165, 1.54) is 0 Å². The fourth-order valence-corrected chi connectivity index (χ4v) is 3.16. The van der Waals surface area contributed by atoms with Crippen LogP contribution in [0.5, 0.6) is 0 Å². The summed E-state index contributed by atoms with van der Waals surface area (Å²) in [4.78, 5) is 2.24. The molecule has 1 aromatic carbocycles. The maximum atomic E-state index is 13.0. The molecule has 0 spiro atoms. The first-order valence-electron chi connectivity index (χ1n) is 7.95. The second-order valence-electron chi connectivity index (χ2n) is 7.53. The molecule has 1 heterocycles. The maximum absolute atomic E-state index is 13.0. The summed E-state index contributed by atoms with van der Waals surface area (Å²) in [7, 11) is 2.07. The van der Waals surface area contributed by atoms with Gasteiger partial charge in [-0.2, -0.15) is 13.2 Å². The number of rotatable bonds is 2. The van der Waals surface area contributed by atoms with Crippen LogP contribution in [0.3, 0.4) is 0 Å². The van der Waals surface area contributed by atoms with Crippen LogP contribution in [0.1, 0.15) is 56.2 Å². The Labute approximate surface area is 131 Å². The summed E-state index contributed by atoms with van der Waals surface area (Å²) in [6.45, 7) is 8.02. The zero-order valence-electron chi connectivity index (χ0n) is 13.9. The Morgan fingerprint density at radius 2 is 1.68 bits per heavy atom. The molecule has 0 bridgehead atoms. The molecule has 1 aromatic rings. The molecule has 1 aliphatic heterocycles. The Morgan fingerprint density at radius 3 is 2.18 bits per heavy atom. The summed E-state index contributed by atoms with van der Waals surface area (Å²) in [5.74, 6) is 0.252. The normalized spacial score (nSPS) is 18.7. The van der Waals surface area contributed by atoms with Gasteiger partial charge in [0.1, 0.15) is 0 Å². The Balaban J connectivity index is 2.35. The van der Waals surface area contributed by atoms with Crippen molar-refractivity contribution in [2.75, 3.05) is 20.1 Å². The van der Waals surface area contributed by atoms with E-state index in [-0.39, 0.29) is 11.3 Å². The Hall–Kier alpha value is -1.03. The molecule has 0 saturated carbocycles. The van der Waals surface area contributed by atoms with Gasteiger partial charge in [-0.3, -0.25) is 0 Å². The third-order valence-corrected chi connectivity index (χ3v) is 4.56. The van der Waals surface area contributed by atoms with Gasteiger partial charge >= 0.3 is 6.18 Å². The standard InChI is InChI=1S/C18H26F3N/c1-17(2,3)15-5-6-16(13-7-9-22(4)10-8-13)14(11-15)12-18(19,20)21/h5-6,11,13H,7-10,12H2,1-4H3. The van der Waals surface area contributed by atoms with E-state index >= 15 is 0 Å². The monoisotopic (exact) mass is 313 g/mol. The van der Waals surface area contributed by atoms with Crippen molar-refractivity contribution in [1.82, 2.24) is 4.90 Å². The van der Waals surface area contributed by atoms with Gasteiger partial charge in [-0.25, -0.2) is 0 Å². The van der Waals surface area contributed by atoms with Crippen LogP contribution in [0.15, 0.2) is 18.2 Å². The van der Waals surface area contributed by atoms with E-state index in [9.17, 15) is 13.2 Å². The molecular formula is C18H26F3N. The van der Waals surface area contributed by atoms with Crippen molar-refractivity contribution in [2.45, 2.75) is 57.5 Å². The molecule has 1 fully saturated rings. The SMILES string of the molecule is CN1CCC(c2ccc(C(C)(C)C)cc2CC(F)(F)F)CC1. The van der Waals surface area contributed by atoms with Crippen molar-refractivity contribution in [3.8, 4) is 0 Å². The Morgan fingerprint density at radius 1 is 1.09 bits per heavy atom. The molecule has 0 unspecified atom stereocenters. The molecular weight excluding hydrogens is 287 g/mol. The molecule has 2 rings (SSSR count). The van der Waals surface area contributed by atoms with Gasteiger partial charge in [-0.1, -0.05) is 39.0 Å². The number of nitrogens with zero attached hydrogens (tertiary/aromatic N) is 1. The van der Waals surface area contributed by atoms with Crippen LogP contribution in [0.2, 0.25) is 0 Å². The van der Waals surface area contributed by atoms with Gasteiger partial charge < -0.3 is 4.90 Å². The average Bonchev–Trinajstić information content (AvgIpc) is 2.37. The van der Waals surface area contributed by atoms with E-state index in [2.05, 4.69) is 11.9 Å². The highest BCUT2D eigenvalue weighted by atomic mass is 19.4. The van der Waals surface area contributed by atoms with Crippen LogP contribution in [-0.2, 0) is 11.8 Å². The third-order valence-electron chi connectivity index (χ3n) is 4.56. The lowest BCUT2D eigenvalue weighted by atomic mass is 9.80. The summed E-state index contributed by atoms with van der Waals surface area (Å²) < 4.78 is 38.9. The molecule has 124 valence electrons. The van der Waals surface area contributed by atoms with E-state index in [0.717, 1.165) is 37.1 Å². The molecule has 1 aliphatic rings. The highest BCUT2D eigenvalue weighted by molar-refractivity contribution is 5.38. The number of benzene rings is 1. The third kappa shape index (κ3) is 4.48. The Bertz CT molecular complexity index is 506. The number of piperidine rings is 1. The van der Waals surface area contributed by atoms with Crippen LogP contribution in [0.25, 0.3) is 0 Å². The summed E-state index contributed by atoms with van der Waals surface area (Å²) in [5.41, 5.74) is 2.21. The van der Waals surface area contributed by atoms with Crippen molar-refractivity contribution in [3.05, 3.63) is 34.9 Å². The lowest BCUT2D eigenvalue weighted by Gasteiger charge is -2.31. The smallest absolute Gasteiger partial charge is 0.306 e.